The Bertz CT molecular complexity index is 269. The van der Waals surface area contributed by atoms with Crippen molar-refractivity contribution in [3.05, 3.63) is 0 Å². The maximum Gasteiger partial charge on any atom is 0.0500 e. The Balaban J connectivity index is 1.97. The molecule has 3 atom stereocenters. The first-order valence-corrected chi connectivity index (χ1v) is 8.08. The van der Waals surface area contributed by atoms with Crippen molar-refractivity contribution < 1.29 is 4.74 Å². The van der Waals surface area contributed by atoms with Gasteiger partial charge in [-0.25, -0.2) is 0 Å². The minimum Gasteiger partial charge on any atom is -0.384 e. The fourth-order valence-corrected chi connectivity index (χ4v) is 3.85. The van der Waals surface area contributed by atoms with E-state index in [1.54, 1.807) is 0 Å². The molecule has 2 saturated heterocycles. The molecular weight excluding hydrogens is 236 g/mol. The lowest BCUT2D eigenvalue weighted by atomic mass is 9.91. The van der Waals surface area contributed by atoms with Crippen LogP contribution in [-0.4, -0.2) is 61.8 Å². The number of fused-ring (bicyclic) bond motifs is 1. The Labute approximate surface area is 119 Å². The van der Waals surface area contributed by atoms with Crippen LogP contribution in [0.1, 0.15) is 40.0 Å². The highest BCUT2D eigenvalue weighted by atomic mass is 16.5. The summed E-state index contributed by atoms with van der Waals surface area (Å²) in [5, 5.41) is 0. The summed E-state index contributed by atoms with van der Waals surface area (Å²) in [6, 6.07) is 1.55. The minimum atomic E-state index is 0.640. The van der Waals surface area contributed by atoms with Gasteiger partial charge in [-0.05, 0) is 31.2 Å². The molecule has 0 aromatic carbocycles. The number of rotatable bonds is 5. The van der Waals surface area contributed by atoms with E-state index in [0.29, 0.717) is 5.92 Å². The second kappa shape index (κ2) is 7.05. The molecule has 0 aromatic rings. The van der Waals surface area contributed by atoms with Crippen LogP contribution in [0.25, 0.3) is 0 Å². The van der Waals surface area contributed by atoms with E-state index in [4.69, 9.17) is 4.74 Å². The van der Waals surface area contributed by atoms with Crippen LogP contribution >= 0.6 is 0 Å². The summed E-state index contributed by atoms with van der Waals surface area (Å²) in [5.74, 6) is 1.39. The molecule has 0 bridgehead atoms. The van der Waals surface area contributed by atoms with E-state index >= 15 is 0 Å². The van der Waals surface area contributed by atoms with E-state index in [9.17, 15) is 0 Å². The van der Waals surface area contributed by atoms with E-state index in [-0.39, 0.29) is 0 Å². The van der Waals surface area contributed by atoms with Crippen LogP contribution in [0.3, 0.4) is 0 Å². The van der Waals surface area contributed by atoms with Gasteiger partial charge < -0.3 is 4.74 Å². The van der Waals surface area contributed by atoms with Crippen LogP contribution < -0.4 is 0 Å². The smallest absolute Gasteiger partial charge is 0.0500 e. The number of piperazine rings is 1. The third kappa shape index (κ3) is 3.93. The van der Waals surface area contributed by atoms with Crippen molar-refractivity contribution in [1.29, 1.82) is 0 Å². The predicted octanol–water partition coefficient (Wildman–Crippen LogP) is 2.46. The van der Waals surface area contributed by atoms with Crippen molar-refractivity contribution in [3.63, 3.8) is 0 Å². The van der Waals surface area contributed by atoms with Gasteiger partial charge in [0.05, 0.1) is 0 Å². The lowest BCUT2D eigenvalue weighted by molar-refractivity contribution is -0.0187. The molecule has 19 heavy (non-hydrogen) atoms. The Morgan fingerprint density at radius 2 is 1.95 bits per heavy atom. The van der Waals surface area contributed by atoms with Gasteiger partial charge in [-0.3, -0.25) is 9.80 Å². The molecule has 2 aliphatic rings. The molecular formula is C16H32N2O. The van der Waals surface area contributed by atoms with Crippen molar-refractivity contribution in [1.82, 2.24) is 9.80 Å². The number of hydrogen-bond donors (Lipinski definition) is 0. The molecule has 0 spiro atoms. The molecule has 3 nitrogen and oxygen atoms in total. The topological polar surface area (TPSA) is 15.7 Å². The summed E-state index contributed by atoms with van der Waals surface area (Å²) in [6.07, 6.45) is 4.23. The zero-order chi connectivity index (χ0) is 13.8. The van der Waals surface area contributed by atoms with Crippen molar-refractivity contribution in [2.45, 2.75) is 52.1 Å². The maximum absolute atomic E-state index is 5.31. The third-order valence-electron chi connectivity index (χ3n) is 4.85. The fraction of sp³-hybridized carbons (Fsp3) is 1.00. The number of ether oxygens (including phenoxy) is 1. The minimum absolute atomic E-state index is 0.640. The van der Waals surface area contributed by atoms with Gasteiger partial charge in [-0.2, -0.15) is 0 Å². The maximum atomic E-state index is 5.31. The Morgan fingerprint density at radius 3 is 2.63 bits per heavy atom. The van der Waals surface area contributed by atoms with Crippen LogP contribution in [0.4, 0.5) is 0 Å². The molecule has 3 unspecified atom stereocenters. The van der Waals surface area contributed by atoms with E-state index < -0.39 is 0 Å². The summed E-state index contributed by atoms with van der Waals surface area (Å²) in [7, 11) is 1.81. The van der Waals surface area contributed by atoms with E-state index in [1.165, 1.54) is 45.4 Å². The number of nitrogens with zero attached hydrogens (tertiary/aromatic N) is 2. The largest absolute Gasteiger partial charge is 0.384 e. The van der Waals surface area contributed by atoms with Crippen molar-refractivity contribution in [2.75, 3.05) is 39.9 Å². The second-order valence-electron chi connectivity index (χ2n) is 6.97. The zero-order valence-corrected chi connectivity index (χ0v) is 13.3. The molecule has 3 heteroatoms. The highest BCUT2D eigenvalue weighted by Gasteiger charge is 2.36. The molecule has 0 N–H and O–H groups in total. The molecule has 2 rings (SSSR count). The summed E-state index contributed by atoms with van der Waals surface area (Å²) in [6.45, 7) is 13.0. The standard InChI is InChI=1S/C16H32N2O/c1-13(2)16-11-17-8-6-5-7-15(17)10-18(16)9-14(3)12-19-4/h13-16H,5-12H2,1-4H3. The van der Waals surface area contributed by atoms with Crippen LogP contribution in [0.15, 0.2) is 0 Å². The molecule has 0 aromatic heterocycles. The molecule has 2 aliphatic heterocycles. The van der Waals surface area contributed by atoms with Crippen molar-refractivity contribution >= 4 is 0 Å². The number of piperidine rings is 1. The van der Waals surface area contributed by atoms with E-state index in [1.807, 2.05) is 7.11 Å². The van der Waals surface area contributed by atoms with Gasteiger partial charge in [-0.15, -0.1) is 0 Å². The SMILES string of the molecule is COCC(C)CN1CC2CCCCN2CC1C(C)C. The fourth-order valence-electron chi connectivity index (χ4n) is 3.85. The van der Waals surface area contributed by atoms with E-state index in [2.05, 4.69) is 30.6 Å². The summed E-state index contributed by atoms with van der Waals surface area (Å²) in [5.41, 5.74) is 0. The summed E-state index contributed by atoms with van der Waals surface area (Å²) < 4.78 is 5.31. The van der Waals surface area contributed by atoms with Crippen LogP contribution in [0.5, 0.6) is 0 Å². The van der Waals surface area contributed by atoms with Crippen LogP contribution in [0.2, 0.25) is 0 Å². The Morgan fingerprint density at radius 1 is 1.16 bits per heavy atom. The van der Waals surface area contributed by atoms with Gasteiger partial charge in [0, 0.05) is 45.4 Å². The monoisotopic (exact) mass is 268 g/mol. The highest BCUT2D eigenvalue weighted by molar-refractivity contribution is 4.92. The van der Waals surface area contributed by atoms with E-state index in [0.717, 1.165) is 24.6 Å². The molecule has 2 fully saturated rings. The normalized spacial score (nSPS) is 31.4. The Hall–Kier alpha value is -0.120. The lowest BCUT2D eigenvalue weighted by Crippen LogP contribution is -2.61. The van der Waals surface area contributed by atoms with Gasteiger partial charge in [0.1, 0.15) is 0 Å². The third-order valence-corrected chi connectivity index (χ3v) is 4.85. The van der Waals surface area contributed by atoms with Gasteiger partial charge in [0.15, 0.2) is 0 Å². The average Bonchev–Trinajstić information content (AvgIpc) is 2.38. The molecule has 0 amide bonds. The van der Waals surface area contributed by atoms with Crippen molar-refractivity contribution in [2.24, 2.45) is 11.8 Å². The molecule has 0 saturated carbocycles. The first-order valence-electron chi connectivity index (χ1n) is 8.08. The zero-order valence-electron chi connectivity index (χ0n) is 13.3. The Kier molecular flexibility index (Phi) is 5.67. The van der Waals surface area contributed by atoms with Crippen LogP contribution in [0, 0.1) is 11.8 Å². The quantitative estimate of drug-likeness (QED) is 0.762. The van der Waals surface area contributed by atoms with Gasteiger partial charge in [-0.1, -0.05) is 27.2 Å². The van der Waals surface area contributed by atoms with Gasteiger partial charge >= 0.3 is 0 Å². The number of hydrogen-bond acceptors (Lipinski definition) is 3. The summed E-state index contributed by atoms with van der Waals surface area (Å²) in [4.78, 5) is 5.51. The highest BCUT2D eigenvalue weighted by Crippen LogP contribution is 2.27. The summed E-state index contributed by atoms with van der Waals surface area (Å²) >= 11 is 0. The molecule has 2 heterocycles. The molecule has 0 aliphatic carbocycles. The first kappa shape index (κ1) is 15.3. The molecule has 112 valence electrons. The molecule has 0 radical (unpaired) electrons. The predicted molar refractivity (Wildman–Crippen MR) is 80.5 cm³/mol. The first-order chi connectivity index (χ1) is 9.11. The van der Waals surface area contributed by atoms with Gasteiger partial charge in [0.25, 0.3) is 0 Å². The second-order valence-corrected chi connectivity index (χ2v) is 6.97. The lowest BCUT2D eigenvalue weighted by Gasteiger charge is -2.50. The van der Waals surface area contributed by atoms with Crippen LogP contribution in [-0.2, 0) is 4.74 Å². The average molecular weight is 268 g/mol. The number of methoxy groups -OCH3 is 1. The van der Waals surface area contributed by atoms with Crippen molar-refractivity contribution in [3.8, 4) is 0 Å². The van der Waals surface area contributed by atoms with Gasteiger partial charge in [0.2, 0.25) is 0 Å².